The lowest BCUT2D eigenvalue weighted by Gasteiger charge is -2.14. The molecule has 2 aromatic rings. The predicted octanol–water partition coefficient (Wildman–Crippen LogP) is 1.75. The van der Waals surface area contributed by atoms with Gasteiger partial charge in [0.25, 0.3) is 0 Å². The van der Waals surface area contributed by atoms with Crippen LogP contribution in [0.5, 0.6) is 23.1 Å². The molecule has 1 aromatic carbocycles. The minimum Gasteiger partial charge on any atom is -0.496 e. The third-order valence-corrected chi connectivity index (χ3v) is 2.98. The molecule has 0 aliphatic carbocycles. The Hall–Kier alpha value is -2.44. The summed E-state index contributed by atoms with van der Waals surface area (Å²) in [5.74, 6) is 2.54. The Bertz CT molecular complexity index is 598. The number of hydrogen-bond donors (Lipinski definition) is 0. The fourth-order valence-electron chi connectivity index (χ4n) is 1.99. The van der Waals surface area contributed by atoms with Crippen molar-refractivity contribution >= 4 is 0 Å². The van der Waals surface area contributed by atoms with Crippen LogP contribution in [0.3, 0.4) is 0 Å². The topological polar surface area (TPSA) is 67.6 Å². The molecule has 7 nitrogen and oxygen atoms in total. The number of rotatable bonds is 7. The van der Waals surface area contributed by atoms with E-state index in [1.807, 2.05) is 13.0 Å². The Morgan fingerprint density at radius 2 is 1.67 bits per heavy atom. The predicted molar refractivity (Wildman–Crippen MR) is 76.4 cm³/mol. The number of benzene rings is 1. The first-order valence-corrected chi connectivity index (χ1v) is 6.53. The van der Waals surface area contributed by atoms with Crippen molar-refractivity contribution in [3.63, 3.8) is 0 Å². The first-order valence-electron chi connectivity index (χ1n) is 6.53. The van der Waals surface area contributed by atoms with Crippen molar-refractivity contribution in [3.8, 4) is 23.1 Å². The monoisotopic (exact) mass is 293 g/mol. The van der Waals surface area contributed by atoms with Crippen LogP contribution in [-0.2, 0) is 6.54 Å². The van der Waals surface area contributed by atoms with Gasteiger partial charge in [-0.1, -0.05) is 5.21 Å². The van der Waals surface area contributed by atoms with Crippen molar-refractivity contribution in [2.45, 2.75) is 13.5 Å². The van der Waals surface area contributed by atoms with Crippen molar-refractivity contribution in [2.24, 2.45) is 0 Å². The Morgan fingerprint density at radius 1 is 1.00 bits per heavy atom. The fraction of sp³-hybridized carbons (Fsp3) is 0.429. The van der Waals surface area contributed by atoms with E-state index in [1.54, 1.807) is 38.3 Å². The van der Waals surface area contributed by atoms with Crippen LogP contribution in [0.1, 0.15) is 12.5 Å². The van der Waals surface area contributed by atoms with Gasteiger partial charge in [0.2, 0.25) is 5.88 Å². The van der Waals surface area contributed by atoms with E-state index in [4.69, 9.17) is 18.9 Å². The Morgan fingerprint density at radius 3 is 2.29 bits per heavy atom. The van der Waals surface area contributed by atoms with Crippen molar-refractivity contribution in [1.29, 1.82) is 0 Å². The zero-order valence-corrected chi connectivity index (χ0v) is 12.6. The van der Waals surface area contributed by atoms with Crippen LogP contribution < -0.4 is 18.9 Å². The third kappa shape index (κ3) is 3.18. The van der Waals surface area contributed by atoms with E-state index in [-0.39, 0.29) is 0 Å². The van der Waals surface area contributed by atoms with Gasteiger partial charge in [0.15, 0.2) is 11.5 Å². The minimum absolute atomic E-state index is 0.457. The Balaban J connectivity index is 2.36. The Labute approximate surface area is 123 Å². The quantitative estimate of drug-likeness (QED) is 0.774. The summed E-state index contributed by atoms with van der Waals surface area (Å²) in [6.07, 6.45) is 1.58. The molecule has 0 aliphatic heterocycles. The second-order valence-corrected chi connectivity index (χ2v) is 4.18. The van der Waals surface area contributed by atoms with Gasteiger partial charge < -0.3 is 18.9 Å². The number of hydrogen-bond acceptors (Lipinski definition) is 6. The molecule has 0 saturated carbocycles. The van der Waals surface area contributed by atoms with Crippen molar-refractivity contribution in [2.75, 3.05) is 27.9 Å². The highest BCUT2D eigenvalue weighted by atomic mass is 16.5. The average Bonchev–Trinajstić information content (AvgIpc) is 2.94. The number of ether oxygens (including phenoxy) is 4. The number of methoxy groups -OCH3 is 3. The molecule has 0 aliphatic rings. The second-order valence-electron chi connectivity index (χ2n) is 4.18. The van der Waals surface area contributed by atoms with Gasteiger partial charge in [0.05, 0.1) is 34.5 Å². The van der Waals surface area contributed by atoms with Gasteiger partial charge in [-0.3, -0.25) is 0 Å². The van der Waals surface area contributed by atoms with E-state index in [2.05, 4.69) is 10.3 Å². The van der Waals surface area contributed by atoms with Gasteiger partial charge in [0, 0.05) is 11.6 Å². The summed E-state index contributed by atoms with van der Waals surface area (Å²) in [5, 5.41) is 7.88. The summed E-state index contributed by atoms with van der Waals surface area (Å²) in [7, 11) is 4.78. The molecule has 0 N–H and O–H groups in total. The first-order chi connectivity index (χ1) is 10.2. The molecule has 0 bridgehead atoms. The van der Waals surface area contributed by atoms with E-state index in [0.717, 1.165) is 5.56 Å². The molecule has 0 saturated heterocycles. The summed E-state index contributed by atoms with van der Waals surface area (Å²) < 4.78 is 23.1. The first kappa shape index (κ1) is 15.0. The average molecular weight is 293 g/mol. The molecule has 2 rings (SSSR count). The molecular formula is C14H19N3O4. The van der Waals surface area contributed by atoms with Gasteiger partial charge in [-0.25, -0.2) is 4.68 Å². The summed E-state index contributed by atoms with van der Waals surface area (Å²) in [4.78, 5) is 0. The largest absolute Gasteiger partial charge is 0.496 e. The lowest BCUT2D eigenvalue weighted by Crippen LogP contribution is -2.08. The molecule has 0 fully saturated rings. The van der Waals surface area contributed by atoms with Crippen molar-refractivity contribution < 1.29 is 18.9 Å². The molecule has 1 aromatic heterocycles. The zero-order valence-electron chi connectivity index (χ0n) is 12.6. The summed E-state index contributed by atoms with van der Waals surface area (Å²) in [5.41, 5.74) is 0.890. The normalized spacial score (nSPS) is 10.3. The summed E-state index contributed by atoms with van der Waals surface area (Å²) in [6, 6.07) is 3.64. The smallest absolute Gasteiger partial charge is 0.232 e. The van der Waals surface area contributed by atoms with E-state index in [1.165, 1.54) is 0 Å². The van der Waals surface area contributed by atoms with E-state index in [9.17, 15) is 0 Å². The highest BCUT2D eigenvalue weighted by Gasteiger charge is 2.14. The van der Waals surface area contributed by atoms with E-state index < -0.39 is 0 Å². The molecule has 0 unspecified atom stereocenters. The SMILES string of the molecule is CCOc1cnnn1Cc1cc(OC)c(OC)cc1OC. The maximum Gasteiger partial charge on any atom is 0.232 e. The van der Waals surface area contributed by atoms with Crippen LogP contribution in [0.4, 0.5) is 0 Å². The van der Waals surface area contributed by atoms with Gasteiger partial charge in [-0.2, -0.15) is 0 Å². The molecule has 21 heavy (non-hydrogen) atoms. The summed E-state index contributed by atoms with van der Waals surface area (Å²) in [6.45, 7) is 2.92. The molecule has 0 atom stereocenters. The van der Waals surface area contributed by atoms with Crippen LogP contribution in [0.25, 0.3) is 0 Å². The molecule has 114 valence electrons. The maximum absolute atomic E-state index is 5.47. The fourth-order valence-corrected chi connectivity index (χ4v) is 1.99. The van der Waals surface area contributed by atoms with Gasteiger partial charge in [0.1, 0.15) is 11.9 Å². The van der Waals surface area contributed by atoms with E-state index >= 15 is 0 Å². The minimum atomic E-state index is 0.457. The standard InChI is InChI=1S/C14H19N3O4/c1-5-21-14-8-15-16-17(14)9-10-6-12(19-3)13(20-4)7-11(10)18-2/h6-8H,5,9H2,1-4H3. The van der Waals surface area contributed by atoms with Crippen molar-refractivity contribution in [1.82, 2.24) is 15.0 Å². The highest BCUT2D eigenvalue weighted by molar-refractivity contribution is 5.50. The van der Waals surface area contributed by atoms with Crippen LogP contribution in [0.2, 0.25) is 0 Å². The van der Waals surface area contributed by atoms with Gasteiger partial charge in [-0.05, 0) is 13.0 Å². The highest BCUT2D eigenvalue weighted by Crippen LogP contribution is 2.35. The van der Waals surface area contributed by atoms with Crippen LogP contribution in [0, 0.1) is 0 Å². The van der Waals surface area contributed by atoms with Gasteiger partial charge in [-0.15, -0.1) is 5.10 Å². The molecule has 0 spiro atoms. The second kappa shape index (κ2) is 6.83. The van der Waals surface area contributed by atoms with Gasteiger partial charge >= 0.3 is 0 Å². The Kier molecular flexibility index (Phi) is 4.86. The van der Waals surface area contributed by atoms with Crippen LogP contribution in [0.15, 0.2) is 18.3 Å². The van der Waals surface area contributed by atoms with Crippen LogP contribution >= 0.6 is 0 Å². The van der Waals surface area contributed by atoms with E-state index in [0.29, 0.717) is 36.3 Å². The lowest BCUT2D eigenvalue weighted by atomic mass is 10.1. The molecule has 1 heterocycles. The lowest BCUT2D eigenvalue weighted by molar-refractivity contribution is 0.303. The maximum atomic E-state index is 5.47. The molecular weight excluding hydrogens is 274 g/mol. The number of aromatic nitrogens is 3. The molecule has 0 amide bonds. The summed E-state index contributed by atoms with van der Waals surface area (Å²) >= 11 is 0. The van der Waals surface area contributed by atoms with Crippen LogP contribution in [-0.4, -0.2) is 42.9 Å². The molecule has 0 radical (unpaired) electrons. The zero-order chi connectivity index (χ0) is 15.2. The van der Waals surface area contributed by atoms with Crippen molar-refractivity contribution in [3.05, 3.63) is 23.9 Å². The molecule has 7 heteroatoms. The number of nitrogens with zero attached hydrogens (tertiary/aromatic N) is 3. The third-order valence-electron chi connectivity index (χ3n) is 2.98.